The lowest BCUT2D eigenvalue weighted by Crippen LogP contribution is -2.37. The van der Waals surface area contributed by atoms with E-state index in [2.05, 4.69) is 36.4 Å². The van der Waals surface area contributed by atoms with E-state index in [0.29, 0.717) is 6.04 Å². The van der Waals surface area contributed by atoms with Gasteiger partial charge in [0, 0.05) is 17.6 Å². The average molecular weight is 227 g/mol. The maximum absolute atomic E-state index is 5.86. The van der Waals surface area contributed by atoms with Gasteiger partial charge in [0.15, 0.2) is 0 Å². The number of hydrogen-bond acceptors (Lipinski definition) is 2. The molecule has 0 spiro atoms. The minimum atomic E-state index is 0.368. The van der Waals surface area contributed by atoms with Crippen LogP contribution in [0.25, 0.3) is 0 Å². The monoisotopic (exact) mass is 226 g/mol. The molecule has 1 atom stereocenters. The normalized spacial score (nSPS) is 13.1. The van der Waals surface area contributed by atoms with E-state index in [4.69, 9.17) is 11.6 Å². The van der Waals surface area contributed by atoms with Crippen molar-refractivity contribution in [3.05, 3.63) is 34.9 Å². The highest BCUT2D eigenvalue weighted by Crippen LogP contribution is 2.20. The first kappa shape index (κ1) is 12.5. The van der Waals surface area contributed by atoms with E-state index in [0.717, 1.165) is 18.0 Å². The highest BCUT2D eigenvalue weighted by Gasteiger charge is 2.12. The summed E-state index contributed by atoms with van der Waals surface area (Å²) in [6.07, 6.45) is 1.14. The molecule has 1 N–H and O–H groups in total. The molecule has 0 amide bonds. The average Bonchev–Trinajstić information content (AvgIpc) is 2.26. The van der Waals surface area contributed by atoms with E-state index in [9.17, 15) is 0 Å². The standard InChI is InChI=1S/C12H19ClN2/c1-4-9-15(14-3)10(2)11-5-7-12(13)8-6-11/h5-8,10,14H,4,9H2,1-3H3. The van der Waals surface area contributed by atoms with Crippen LogP contribution in [0.3, 0.4) is 0 Å². The predicted molar refractivity (Wildman–Crippen MR) is 65.9 cm³/mol. The molecule has 1 aromatic rings. The maximum atomic E-state index is 5.86. The van der Waals surface area contributed by atoms with Crippen molar-refractivity contribution in [2.24, 2.45) is 0 Å². The summed E-state index contributed by atoms with van der Waals surface area (Å²) in [6.45, 7) is 5.41. The van der Waals surface area contributed by atoms with Crippen LogP contribution >= 0.6 is 11.6 Å². The Hall–Kier alpha value is -0.570. The molecule has 0 aliphatic heterocycles. The zero-order chi connectivity index (χ0) is 11.3. The van der Waals surface area contributed by atoms with Crippen molar-refractivity contribution in [2.75, 3.05) is 13.6 Å². The minimum absolute atomic E-state index is 0.368. The maximum Gasteiger partial charge on any atom is 0.0464 e. The van der Waals surface area contributed by atoms with Gasteiger partial charge < -0.3 is 0 Å². The van der Waals surface area contributed by atoms with Crippen LogP contribution in [0.5, 0.6) is 0 Å². The van der Waals surface area contributed by atoms with Gasteiger partial charge in [-0.3, -0.25) is 5.43 Å². The number of nitrogens with zero attached hydrogens (tertiary/aromatic N) is 1. The molecule has 0 aliphatic rings. The molecule has 0 saturated heterocycles. The quantitative estimate of drug-likeness (QED) is 0.776. The lowest BCUT2D eigenvalue weighted by atomic mass is 10.1. The Morgan fingerprint density at radius 3 is 2.40 bits per heavy atom. The van der Waals surface area contributed by atoms with E-state index in [1.54, 1.807) is 0 Å². The number of hydrazine groups is 1. The summed E-state index contributed by atoms with van der Waals surface area (Å²) >= 11 is 5.86. The van der Waals surface area contributed by atoms with Crippen LogP contribution < -0.4 is 5.43 Å². The molecule has 1 aromatic carbocycles. The van der Waals surface area contributed by atoms with Gasteiger partial charge in [0.05, 0.1) is 0 Å². The van der Waals surface area contributed by atoms with Crippen LogP contribution in [0, 0.1) is 0 Å². The van der Waals surface area contributed by atoms with Crippen LogP contribution in [-0.4, -0.2) is 18.6 Å². The first-order valence-corrected chi connectivity index (χ1v) is 5.76. The van der Waals surface area contributed by atoms with Crippen LogP contribution in [0.15, 0.2) is 24.3 Å². The van der Waals surface area contributed by atoms with Crippen LogP contribution in [0.2, 0.25) is 5.02 Å². The molecule has 1 rings (SSSR count). The van der Waals surface area contributed by atoms with E-state index in [-0.39, 0.29) is 0 Å². The first-order chi connectivity index (χ1) is 7.19. The third-order valence-electron chi connectivity index (χ3n) is 2.57. The molecular formula is C12H19ClN2. The van der Waals surface area contributed by atoms with E-state index in [1.807, 2.05) is 19.2 Å². The molecule has 15 heavy (non-hydrogen) atoms. The summed E-state index contributed by atoms with van der Waals surface area (Å²) in [5.41, 5.74) is 4.50. The second-order valence-electron chi connectivity index (χ2n) is 3.64. The largest absolute Gasteiger partial charge is 0.258 e. The van der Waals surface area contributed by atoms with Gasteiger partial charge in [0.1, 0.15) is 0 Å². The Morgan fingerprint density at radius 2 is 1.93 bits per heavy atom. The van der Waals surface area contributed by atoms with Gasteiger partial charge in [0.25, 0.3) is 0 Å². The Morgan fingerprint density at radius 1 is 1.33 bits per heavy atom. The van der Waals surface area contributed by atoms with Crippen LogP contribution in [0.1, 0.15) is 31.9 Å². The van der Waals surface area contributed by atoms with Crippen molar-refractivity contribution in [3.8, 4) is 0 Å². The SMILES string of the molecule is CCCN(NC)C(C)c1ccc(Cl)cc1. The highest BCUT2D eigenvalue weighted by molar-refractivity contribution is 6.30. The minimum Gasteiger partial charge on any atom is -0.258 e. The first-order valence-electron chi connectivity index (χ1n) is 5.38. The van der Waals surface area contributed by atoms with Crippen LogP contribution in [0.4, 0.5) is 0 Å². The lowest BCUT2D eigenvalue weighted by molar-refractivity contribution is 0.150. The summed E-state index contributed by atoms with van der Waals surface area (Å²) in [6, 6.07) is 8.40. The van der Waals surface area contributed by atoms with Gasteiger partial charge in [-0.05, 0) is 38.1 Å². The molecule has 0 fully saturated rings. The van der Waals surface area contributed by atoms with E-state index < -0.39 is 0 Å². The highest BCUT2D eigenvalue weighted by atomic mass is 35.5. The number of hydrogen-bond donors (Lipinski definition) is 1. The zero-order valence-electron chi connectivity index (χ0n) is 9.63. The summed E-state index contributed by atoms with van der Waals surface area (Å²) in [5.74, 6) is 0. The Labute approximate surface area is 97.2 Å². The molecule has 0 aliphatic carbocycles. The molecule has 0 aromatic heterocycles. The van der Waals surface area contributed by atoms with Gasteiger partial charge in [-0.1, -0.05) is 30.7 Å². The second-order valence-corrected chi connectivity index (χ2v) is 4.08. The molecule has 1 unspecified atom stereocenters. The molecule has 84 valence electrons. The lowest BCUT2D eigenvalue weighted by Gasteiger charge is -2.28. The Kier molecular flexibility index (Phi) is 5.09. The van der Waals surface area contributed by atoms with Crippen molar-refractivity contribution in [2.45, 2.75) is 26.3 Å². The number of nitrogens with one attached hydrogen (secondary N) is 1. The van der Waals surface area contributed by atoms with Crippen LogP contribution in [-0.2, 0) is 0 Å². The summed E-state index contributed by atoms with van der Waals surface area (Å²) in [4.78, 5) is 0. The number of benzene rings is 1. The fraction of sp³-hybridized carbons (Fsp3) is 0.500. The molecular weight excluding hydrogens is 208 g/mol. The van der Waals surface area contributed by atoms with Crippen molar-refractivity contribution >= 4 is 11.6 Å². The smallest absolute Gasteiger partial charge is 0.0464 e. The zero-order valence-corrected chi connectivity index (χ0v) is 10.4. The Balaban J connectivity index is 2.73. The second kappa shape index (κ2) is 6.11. The molecule has 2 nitrogen and oxygen atoms in total. The van der Waals surface area contributed by atoms with Gasteiger partial charge in [0.2, 0.25) is 0 Å². The predicted octanol–water partition coefficient (Wildman–Crippen LogP) is 3.25. The molecule has 0 radical (unpaired) electrons. The van der Waals surface area contributed by atoms with Crippen molar-refractivity contribution in [1.82, 2.24) is 10.4 Å². The topological polar surface area (TPSA) is 15.3 Å². The fourth-order valence-electron chi connectivity index (χ4n) is 1.66. The third kappa shape index (κ3) is 3.49. The van der Waals surface area contributed by atoms with E-state index >= 15 is 0 Å². The summed E-state index contributed by atoms with van der Waals surface area (Å²) in [7, 11) is 1.96. The van der Waals surface area contributed by atoms with Crippen molar-refractivity contribution in [3.63, 3.8) is 0 Å². The fourth-order valence-corrected chi connectivity index (χ4v) is 1.79. The van der Waals surface area contributed by atoms with Crippen molar-refractivity contribution < 1.29 is 0 Å². The molecule has 0 heterocycles. The van der Waals surface area contributed by atoms with Gasteiger partial charge in [-0.2, -0.15) is 0 Å². The number of rotatable bonds is 5. The molecule has 0 saturated carbocycles. The number of halogens is 1. The summed E-state index contributed by atoms with van der Waals surface area (Å²) in [5, 5.41) is 3.01. The Bertz CT molecular complexity index is 284. The van der Waals surface area contributed by atoms with Gasteiger partial charge in [-0.25, -0.2) is 5.01 Å². The third-order valence-corrected chi connectivity index (χ3v) is 2.82. The van der Waals surface area contributed by atoms with Crippen molar-refractivity contribution in [1.29, 1.82) is 0 Å². The molecule has 3 heteroatoms. The summed E-state index contributed by atoms with van der Waals surface area (Å²) < 4.78 is 0. The van der Waals surface area contributed by atoms with E-state index in [1.165, 1.54) is 5.56 Å². The molecule has 0 bridgehead atoms. The van der Waals surface area contributed by atoms with Gasteiger partial charge in [-0.15, -0.1) is 0 Å². The van der Waals surface area contributed by atoms with Gasteiger partial charge >= 0.3 is 0 Å².